The molecule has 0 atom stereocenters. The van der Waals surface area contributed by atoms with Crippen molar-refractivity contribution in [1.82, 2.24) is 9.97 Å². The smallest absolute Gasteiger partial charge is 0.269 e. The van der Waals surface area contributed by atoms with Crippen molar-refractivity contribution in [2.45, 2.75) is 25.7 Å². The summed E-state index contributed by atoms with van der Waals surface area (Å²) in [5.74, 6) is 0.350. The third-order valence-electron chi connectivity index (χ3n) is 6.87. The molecular formula is C31H26N4O2S. The topological polar surface area (TPSA) is 67.3 Å². The summed E-state index contributed by atoms with van der Waals surface area (Å²) >= 11 is 5.52. The third kappa shape index (κ3) is 4.93. The van der Waals surface area contributed by atoms with E-state index in [0.717, 1.165) is 59.2 Å². The summed E-state index contributed by atoms with van der Waals surface area (Å²) in [5, 5.41) is 5.58. The van der Waals surface area contributed by atoms with E-state index in [-0.39, 0.29) is 5.91 Å². The monoisotopic (exact) mass is 518 g/mol. The van der Waals surface area contributed by atoms with E-state index in [1.165, 1.54) is 5.39 Å². The van der Waals surface area contributed by atoms with Gasteiger partial charge in [-0.2, -0.15) is 0 Å². The maximum Gasteiger partial charge on any atom is 0.269 e. The number of thiocarbonyl (C=S) groups is 1. The fourth-order valence-electron chi connectivity index (χ4n) is 4.73. The Bertz CT molecular complexity index is 1680. The Labute approximate surface area is 226 Å². The number of nitrogens with zero attached hydrogens (tertiary/aromatic N) is 3. The van der Waals surface area contributed by atoms with Crippen molar-refractivity contribution < 1.29 is 9.53 Å². The highest BCUT2D eigenvalue weighted by Gasteiger charge is 2.15. The summed E-state index contributed by atoms with van der Waals surface area (Å²) < 4.78 is 5.90. The summed E-state index contributed by atoms with van der Waals surface area (Å²) in [5.41, 5.74) is 5.97. The second-order valence-corrected chi connectivity index (χ2v) is 9.81. The number of hydrogen-bond donors (Lipinski definition) is 1. The van der Waals surface area contributed by atoms with E-state index in [9.17, 15) is 4.79 Å². The van der Waals surface area contributed by atoms with Gasteiger partial charge in [0.2, 0.25) is 0 Å². The van der Waals surface area contributed by atoms with Gasteiger partial charge in [0.05, 0.1) is 22.4 Å². The normalized spacial score (nSPS) is 12.7. The van der Waals surface area contributed by atoms with Gasteiger partial charge in [-0.15, -0.1) is 0 Å². The molecule has 0 fully saturated rings. The van der Waals surface area contributed by atoms with Crippen LogP contribution in [0.5, 0.6) is 5.75 Å². The average Bonchev–Trinajstić information content (AvgIpc) is 2.95. The molecule has 1 heterocycles. The summed E-state index contributed by atoms with van der Waals surface area (Å²) in [4.78, 5) is 24.3. The first-order valence-corrected chi connectivity index (χ1v) is 13.1. The second-order valence-electron chi connectivity index (χ2n) is 9.46. The first-order chi connectivity index (χ1) is 18.5. The zero-order valence-electron chi connectivity index (χ0n) is 21.0. The molecule has 1 amide bonds. The van der Waals surface area contributed by atoms with Crippen molar-refractivity contribution in [3.05, 3.63) is 102 Å². The van der Waals surface area contributed by atoms with E-state index in [2.05, 4.69) is 29.6 Å². The van der Waals surface area contributed by atoms with Crippen LogP contribution in [0.2, 0.25) is 0 Å². The molecule has 1 N–H and O–H groups in total. The molecule has 0 aliphatic heterocycles. The van der Waals surface area contributed by atoms with Crippen LogP contribution in [-0.2, 0) is 12.8 Å². The minimum atomic E-state index is -0.210. The van der Waals surface area contributed by atoms with E-state index in [1.807, 2.05) is 48.3 Å². The number of nitrogens with one attached hydrogen (secondary N) is 1. The number of benzene rings is 4. The zero-order valence-corrected chi connectivity index (χ0v) is 21.8. The van der Waals surface area contributed by atoms with Gasteiger partial charge in [-0.1, -0.05) is 30.3 Å². The van der Waals surface area contributed by atoms with Gasteiger partial charge in [-0.3, -0.25) is 4.79 Å². The molecule has 4 aromatic carbocycles. The van der Waals surface area contributed by atoms with Crippen LogP contribution in [0.1, 0.15) is 34.6 Å². The Hall–Kier alpha value is -4.36. The number of fused-ring (bicyclic) bond motifs is 3. The quantitative estimate of drug-likeness (QED) is 0.267. The van der Waals surface area contributed by atoms with E-state index in [1.54, 1.807) is 24.3 Å². The van der Waals surface area contributed by atoms with Crippen LogP contribution in [0.15, 0.2) is 84.9 Å². The van der Waals surface area contributed by atoms with E-state index >= 15 is 0 Å². The number of rotatable bonds is 4. The highest BCUT2D eigenvalue weighted by molar-refractivity contribution is 7.80. The van der Waals surface area contributed by atoms with Crippen LogP contribution in [0.3, 0.4) is 0 Å². The Morgan fingerprint density at radius 2 is 1.55 bits per heavy atom. The lowest BCUT2D eigenvalue weighted by atomic mass is 10.0. The molecule has 0 saturated heterocycles. The Kier molecular flexibility index (Phi) is 6.43. The molecule has 6 rings (SSSR count). The summed E-state index contributed by atoms with van der Waals surface area (Å²) in [6.07, 6.45) is 4.26. The number of ether oxygens (including phenoxy) is 1. The molecule has 1 aromatic heterocycles. The van der Waals surface area contributed by atoms with Crippen LogP contribution >= 0.6 is 12.2 Å². The molecular weight excluding hydrogens is 492 g/mol. The number of amides is 1. The lowest BCUT2D eigenvalue weighted by molar-refractivity contribution is 0.102. The highest BCUT2D eigenvalue weighted by Crippen LogP contribution is 2.25. The summed E-state index contributed by atoms with van der Waals surface area (Å²) in [6.45, 7) is 0. The van der Waals surface area contributed by atoms with Crippen molar-refractivity contribution in [2.24, 2.45) is 0 Å². The Morgan fingerprint density at radius 1 is 0.842 bits per heavy atom. The van der Waals surface area contributed by atoms with Crippen molar-refractivity contribution in [3.63, 3.8) is 0 Å². The van der Waals surface area contributed by atoms with Crippen molar-refractivity contribution in [3.8, 4) is 5.75 Å². The molecule has 0 saturated carbocycles. The molecule has 5 aromatic rings. The molecule has 7 heteroatoms. The van der Waals surface area contributed by atoms with Gasteiger partial charge in [-0.05, 0) is 103 Å². The number of aromatic nitrogens is 2. The zero-order chi connectivity index (χ0) is 26.1. The molecule has 0 spiro atoms. The average molecular weight is 519 g/mol. The van der Waals surface area contributed by atoms with Crippen molar-refractivity contribution in [2.75, 3.05) is 17.3 Å². The standard InChI is InChI=1S/C31H26N4O2S/c1-35(24-14-10-20-6-2-3-7-22(20)18-24)31(38)37-25-15-11-21(12-16-25)30(36)32-23-13-17-28-29(19-23)34-27-9-5-4-8-26(27)33-28/h2-3,6-7,10-19H,4-5,8-9H2,1H3,(H,32,36). The van der Waals surface area contributed by atoms with Crippen molar-refractivity contribution in [1.29, 1.82) is 0 Å². The number of aryl methyl sites for hydroxylation is 2. The lowest BCUT2D eigenvalue weighted by Gasteiger charge is -2.20. The fraction of sp³-hybridized carbons (Fsp3) is 0.161. The van der Waals surface area contributed by atoms with Crippen LogP contribution < -0.4 is 15.0 Å². The van der Waals surface area contributed by atoms with E-state index < -0.39 is 0 Å². The van der Waals surface area contributed by atoms with Crippen LogP contribution in [0.4, 0.5) is 11.4 Å². The SMILES string of the molecule is CN(C(=S)Oc1ccc(C(=O)Nc2ccc3nc4c(nc3c2)CCCC4)cc1)c1ccc2ccccc2c1. The molecule has 188 valence electrons. The van der Waals surface area contributed by atoms with Crippen LogP contribution in [0.25, 0.3) is 21.8 Å². The van der Waals surface area contributed by atoms with Gasteiger partial charge in [0.15, 0.2) is 0 Å². The molecule has 38 heavy (non-hydrogen) atoms. The predicted octanol–water partition coefficient (Wildman–Crippen LogP) is 6.71. The van der Waals surface area contributed by atoms with Gasteiger partial charge in [0.25, 0.3) is 11.1 Å². The maximum absolute atomic E-state index is 12.9. The lowest BCUT2D eigenvalue weighted by Crippen LogP contribution is -2.29. The fourth-order valence-corrected chi connectivity index (χ4v) is 4.93. The molecule has 0 radical (unpaired) electrons. The first-order valence-electron chi connectivity index (χ1n) is 12.7. The Balaban J connectivity index is 1.11. The Morgan fingerprint density at radius 3 is 2.32 bits per heavy atom. The highest BCUT2D eigenvalue weighted by atomic mass is 32.1. The van der Waals surface area contributed by atoms with Crippen molar-refractivity contribution >= 4 is 56.5 Å². The molecule has 0 bridgehead atoms. The minimum absolute atomic E-state index is 0.210. The van der Waals surface area contributed by atoms with Gasteiger partial charge >= 0.3 is 0 Å². The molecule has 0 unspecified atom stereocenters. The number of anilines is 2. The van der Waals surface area contributed by atoms with Gasteiger partial charge in [-0.25, -0.2) is 9.97 Å². The van der Waals surface area contributed by atoms with Crippen LogP contribution in [0, 0.1) is 0 Å². The molecule has 6 nitrogen and oxygen atoms in total. The minimum Gasteiger partial charge on any atom is -0.432 e. The number of carbonyl (C=O) groups excluding carboxylic acids is 1. The van der Waals surface area contributed by atoms with E-state index in [4.69, 9.17) is 26.9 Å². The van der Waals surface area contributed by atoms with Gasteiger partial charge in [0.1, 0.15) is 5.75 Å². The number of hydrogen-bond acceptors (Lipinski definition) is 5. The summed E-state index contributed by atoms with van der Waals surface area (Å²) in [7, 11) is 1.87. The van der Waals surface area contributed by atoms with E-state index in [0.29, 0.717) is 22.2 Å². The number of carbonyl (C=O) groups is 1. The second kappa shape index (κ2) is 10.2. The maximum atomic E-state index is 12.9. The summed E-state index contributed by atoms with van der Waals surface area (Å²) in [6, 6.07) is 26.9. The predicted molar refractivity (Wildman–Crippen MR) is 156 cm³/mol. The third-order valence-corrected chi connectivity index (χ3v) is 7.23. The molecule has 1 aliphatic carbocycles. The van der Waals surface area contributed by atoms with Gasteiger partial charge in [0, 0.05) is 24.0 Å². The first kappa shape index (κ1) is 24.0. The van der Waals surface area contributed by atoms with Gasteiger partial charge < -0.3 is 15.0 Å². The van der Waals surface area contributed by atoms with Crippen LogP contribution in [-0.4, -0.2) is 28.1 Å². The molecule has 1 aliphatic rings. The largest absolute Gasteiger partial charge is 0.432 e.